The monoisotopic (exact) mass is 502 g/mol. The van der Waals surface area contributed by atoms with Crippen LogP contribution in [0.15, 0.2) is 36.7 Å². The van der Waals surface area contributed by atoms with Crippen molar-refractivity contribution in [1.29, 1.82) is 0 Å². The van der Waals surface area contributed by atoms with Gasteiger partial charge in [-0.3, -0.25) is 4.90 Å². The van der Waals surface area contributed by atoms with Gasteiger partial charge >= 0.3 is 0 Å². The fraction of sp³-hybridized carbons (Fsp3) is 0.360. The van der Waals surface area contributed by atoms with E-state index >= 15 is 4.39 Å². The molecule has 0 bridgehead atoms. The van der Waals surface area contributed by atoms with Crippen LogP contribution in [0.3, 0.4) is 0 Å². The summed E-state index contributed by atoms with van der Waals surface area (Å²) in [5, 5.41) is 14.3. The Morgan fingerprint density at radius 2 is 1.92 bits per heavy atom. The molecule has 36 heavy (non-hydrogen) atoms. The molecule has 188 valence electrons. The third kappa shape index (κ3) is 4.90. The summed E-state index contributed by atoms with van der Waals surface area (Å²) in [5.41, 5.74) is 0.506. The molecule has 5 rings (SSSR count). The van der Waals surface area contributed by atoms with Gasteiger partial charge in [0.2, 0.25) is 5.95 Å². The van der Waals surface area contributed by atoms with E-state index in [9.17, 15) is 9.50 Å². The standard InChI is InChI=1S/C25H28F2N8O/c1-15(2)35-20-10-17(9-18(26)24(20)32-22(35)14-36)23-19(27)12-30-25(33-23)31-21-4-3-16(11-29-21)13-34-7-5-28-6-8-34/h3-4,9-12,15,28,36H,5-8,13-14H2,1-2H3,(H,29,30,31,33)/i5D2,6D2,7D2,8D2. The number of rotatable bonds is 7. The minimum atomic E-state index is -2.94. The molecule has 1 fully saturated rings. The second-order valence-corrected chi connectivity index (χ2v) is 8.23. The van der Waals surface area contributed by atoms with Crippen LogP contribution in [0.25, 0.3) is 22.3 Å². The van der Waals surface area contributed by atoms with E-state index in [1.807, 2.05) is 13.8 Å². The van der Waals surface area contributed by atoms with Gasteiger partial charge < -0.3 is 20.3 Å². The van der Waals surface area contributed by atoms with E-state index in [2.05, 4.69) is 25.3 Å². The van der Waals surface area contributed by atoms with Crippen LogP contribution >= 0.6 is 0 Å². The van der Waals surface area contributed by atoms with E-state index in [4.69, 9.17) is 11.0 Å². The predicted octanol–water partition coefficient (Wildman–Crippen LogP) is 3.39. The summed E-state index contributed by atoms with van der Waals surface area (Å²) in [7, 11) is 0. The van der Waals surface area contributed by atoms with E-state index in [1.54, 1.807) is 9.88 Å². The molecule has 0 radical (unpaired) electrons. The fourth-order valence-corrected chi connectivity index (χ4v) is 3.87. The van der Waals surface area contributed by atoms with Crippen LogP contribution < -0.4 is 10.6 Å². The highest BCUT2D eigenvalue weighted by Gasteiger charge is 2.19. The summed E-state index contributed by atoms with van der Waals surface area (Å²) in [6.07, 6.45) is 2.15. The number of anilines is 2. The number of nitrogens with one attached hydrogen (secondary N) is 2. The molecule has 0 aliphatic carbocycles. The van der Waals surface area contributed by atoms with Crippen molar-refractivity contribution in [2.45, 2.75) is 33.0 Å². The number of benzene rings is 1. The first-order chi connectivity index (χ1) is 20.4. The van der Waals surface area contributed by atoms with Crippen molar-refractivity contribution in [2.75, 3.05) is 31.3 Å². The Hall–Kier alpha value is -3.54. The fourth-order valence-electron chi connectivity index (χ4n) is 3.87. The Morgan fingerprint density at radius 3 is 2.61 bits per heavy atom. The van der Waals surface area contributed by atoms with Gasteiger partial charge in [0.05, 0.1) is 11.7 Å². The van der Waals surface area contributed by atoms with Crippen LogP contribution in [-0.2, 0) is 13.2 Å². The Balaban J connectivity index is 1.41. The Labute approximate surface area is 218 Å². The smallest absolute Gasteiger partial charge is 0.229 e. The molecule has 1 aromatic carbocycles. The summed E-state index contributed by atoms with van der Waals surface area (Å²) < 4.78 is 96.1. The number of aliphatic hydroxyl groups is 1. The molecule has 0 unspecified atom stereocenters. The highest BCUT2D eigenvalue weighted by atomic mass is 19.1. The zero-order valence-electron chi connectivity index (χ0n) is 27.3. The second kappa shape index (κ2) is 10.2. The minimum Gasteiger partial charge on any atom is -0.388 e. The van der Waals surface area contributed by atoms with E-state index in [-0.39, 0.29) is 46.0 Å². The average Bonchev–Trinajstić information content (AvgIpc) is 3.32. The first-order valence-corrected chi connectivity index (χ1v) is 11.0. The molecule has 9 nitrogen and oxygen atoms in total. The maximum absolute atomic E-state index is 15.0. The molecule has 3 N–H and O–H groups in total. The van der Waals surface area contributed by atoms with Crippen LogP contribution in [0, 0.1) is 11.6 Å². The maximum Gasteiger partial charge on any atom is 0.229 e. The van der Waals surface area contributed by atoms with Crippen molar-refractivity contribution in [3.63, 3.8) is 0 Å². The number of piperazine rings is 1. The van der Waals surface area contributed by atoms with E-state index < -0.39 is 50.8 Å². The lowest BCUT2D eigenvalue weighted by Gasteiger charge is -2.27. The third-order valence-electron chi connectivity index (χ3n) is 5.41. The zero-order valence-corrected chi connectivity index (χ0v) is 19.3. The van der Waals surface area contributed by atoms with Crippen molar-refractivity contribution >= 4 is 22.8 Å². The summed E-state index contributed by atoms with van der Waals surface area (Å²) in [6, 6.07) is 5.29. The molecule has 0 atom stereocenters. The number of nitrogens with zero attached hydrogens (tertiary/aromatic N) is 6. The van der Waals surface area contributed by atoms with Crippen molar-refractivity contribution in [2.24, 2.45) is 0 Å². The average molecular weight is 503 g/mol. The molecule has 0 saturated carbocycles. The molecule has 4 heterocycles. The topological polar surface area (TPSA) is 104 Å². The Kier molecular flexibility index (Phi) is 4.61. The van der Waals surface area contributed by atoms with Crippen LogP contribution in [0.4, 0.5) is 20.5 Å². The number of aromatic nitrogens is 5. The van der Waals surface area contributed by atoms with Crippen molar-refractivity contribution < 1.29 is 24.9 Å². The predicted molar refractivity (Wildman–Crippen MR) is 133 cm³/mol. The van der Waals surface area contributed by atoms with Crippen LogP contribution in [0.1, 0.15) is 42.2 Å². The van der Waals surface area contributed by atoms with Gasteiger partial charge in [-0.25, -0.2) is 28.7 Å². The Bertz CT molecular complexity index is 1690. The highest BCUT2D eigenvalue weighted by molar-refractivity contribution is 5.83. The van der Waals surface area contributed by atoms with E-state index in [1.165, 1.54) is 24.4 Å². The van der Waals surface area contributed by atoms with Crippen molar-refractivity contribution in [1.82, 2.24) is 34.7 Å². The number of fused-ring (bicyclic) bond motifs is 1. The lowest BCUT2D eigenvalue weighted by molar-refractivity contribution is 0.233. The summed E-state index contributed by atoms with van der Waals surface area (Å²) >= 11 is 0. The van der Waals surface area contributed by atoms with Crippen molar-refractivity contribution in [3.8, 4) is 11.3 Å². The molecule has 11 heteroatoms. The van der Waals surface area contributed by atoms with Gasteiger partial charge in [-0.15, -0.1) is 0 Å². The van der Waals surface area contributed by atoms with Gasteiger partial charge in [-0.1, -0.05) is 6.07 Å². The normalized spacial score (nSPS) is 23.5. The zero-order chi connectivity index (χ0) is 32.4. The maximum atomic E-state index is 15.0. The molecular formula is C25H28F2N8O. The minimum absolute atomic E-state index is 0.0258. The number of pyridine rings is 1. The first-order valence-electron chi connectivity index (χ1n) is 15.0. The summed E-state index contributed by atoms with van der Waals surface area (Å²) in [4.78, 5) is 16.9. The lowest BCUT2D eigenvalue weighted by Crippen LogP contribution is -2.42. The van der Waals surface area contributed by atoms with Crippen molar-refractivity contribution in [3.05, 3.63) is 59.7 Å². The number of aliphatic hydroxyl groups excluding tert-OH is 1. The largest absolute Gasteiger partial charge is 0.388 e. The van der Waals surface area contributed by atoms with Gasteiger partial charge in [-0.2, -0.15) is 0 Å². The van der Waals surface area contributed by atoms with Gasteiger partial charge in [0.25, 0.3) is 0 Å². The number of hydrogen-bond acceptors (Lipinski definition) is 8. The molecule has 4 aromatic rings. The van der Waals surface area contributed by atoms with Crippen LogP contribution in [0.2, 0.25) is 0 Å². The third-order valence-corrected chi connectivity index (χ3v) is 5.41. The molecule has 1 aliphatic rings. The second-order valence-electron chi connectivity index (χ2n) is 8.23. The van der Waals surface area contributed by atoms with Crippen LogP contribution in [-0.4, -0.2) is 60.5 Å². The van der Waals surface area contributed by atoms with Gasteiger partial charge in [0, 0.05) is 61.3 Å². The lowest BCUT2D eigenvalue weighted by atomic mass is 10.1. The molecular weight excluding hydrogens is 466 g/mol. The Morgan fingerprint density at radius 1 is 1.11 bits per heavy atom. The number of hydrogen-bond donors (Lipinski definition) is 3. The summed E-state index contributed by atoms with van der Waals surface area (Å²) in [6.45, 7) is -8.98. The number of halogens is 2. The molecule has 1 saturated heterocycles. The quantitative estimate of drug-likeness (QED) is 0.353. The molecule has 0 amide bonds. The van der Waals surface area contributed by atoms with Crippen LogP contribution in [0.5, 0.6) is 0 Å². The number of imidazole rings is 1. The summed E-state index contributed by atoms with van der Waals surface area (Å²) in [5.74, 6) is -1.22. The van der Waals surface area contributed by atoms with Gasteiger partial charge in [-0.05, 0) is 37.6 Å². The SMILES string of the molecule is [2H]C1([2H])NC([2H])([2H])C([2H])([2H])N(Cc2ccc(Nc3ncc(F)c(-c4cc(F)c5nc(CO)n(C(C)C)c5c4)n3)nc2)C1([2H])[2H]. The van der Waals surface area contributed by atoms with Gasteiger partial charge in [0.1, 0.15) is 29.5 Å². The van der Waals surface area contributed by atoms with E-state index in [0.717, 1.165) is 12.3 Å². The molecule has 1 aliphatic heterocycles. The van der Waals surface area contributed by atoms with E-state index in [0.29, 0.717) is 10.4 Å². The van der Waals surface area contributed by atoms with Gasteiger partial charge in [0.15, 0.2) is 11.6 Å². The molecule has 0 spiro atoms. The highest BCUT2D eigenvalue weighted by Crippen LogP contribution is 2.30. The molecule has 3 aromatic heterocycles. The first kappa shape index (κ1) is 16.3.